The standard InChI is InChI=1S/C14H30N2S/c1-12(2)11-16-8-5-14(6-9-16)15-13(3)7-10-17-4/h12-15H,5-11H2,1-4H3/t13-/m0/s1. The van der Waals surface area contributed by atoms with Crippen LogP contribution in [0.4, 0.5) is 0 Å². The van der Waals surface area contributed by atoms with Crippen molar-refractivity contribution in [3.05, 3.63) is 0 Å². The topological polar surface area (TPSA) is 15.3 Å². The normalized spacial score (nSPS) is 21.0. The van der Waals surface area contributed by atoms with Crippen molar-refractivity contribution in [1.29, 1.82) is 0 Å². The van der Waals surface area contributed by atoms with E-state index in [1.165, 1.54) is 44.6 Å². The van der Waals surface area contributed by atoms with Gasteiger partial charge in [0.05, 0.1) is 0 Å². The lowest BCUT2D eigenvalue weighted by Gasteiger charge is -2.34. The van der Waals surface area contributed by atoms with Crippen LogP contribution in [0.5, 0.6) is 0 Å². The first-order chi connectivity index (χ1) is 8.11. The molecule has 0 amide bonds. The van der Waals surface area contributed by atoms with Crippen molar-refractivity contribution in [3.8, 4) is 0 Å². The van der Waals surface area contributed by atoms with Gasteiger partial charge in [-0.1, -0.05) is 13.8 Å². The maximum atomic E-state index is 3.79. The van der Waals surface area contributed by atoms with Crippen LogP contribution in [0.25, 0.3) is 0 Å². The molecule has 102 valence electrons. The molecule has 0 spiro atoms. The average Bonchev–Trinajstić information content (AvgIpc) is 2.28. The van der Waals surface area contributed by atoms with Crippen LogP contribution in [0.3, 0.4) is 0 Å². The summed E-state index contributed by atoms with van der Waals surface area (Å²) >= 11 is 1.95. The van der Waals surface area contributed by atoms with E-state index >= 15 is 0 Å². The van der Waals surface area contributed by atoms with Crippen molar-refractivity contribution < 1.29 is 0 Å². The maximum Gasteiger partial charge on any atom is 0.00938 e. The summed E-state index contributed by atoms with van der Waals surface area (Å²) in [7, 11) is 0. The lowest BCUT2D eigenvalue weighted by Crippen LogP contribution is -2.46. The van der Waals surface area contributed by atoms with Crippen LogP contribution in [-0.2, 0) is 0 Å². The van der Waals surface area contributed by atoms with Gasteiger partial charge in [0.15, 0.2) is 0 Å². The third kappa shape index (κ3) is 6.68. The minimum Gasteiger partial charge on any atom is -0.311 e. The monoisotopic (exact) mass is 258 g/mol. The molecule has 0 radical (unpaired) electrons. The predicted octanol–water partition coefficient (Wildman–Crippen LogP) is 2.84. The molecule has 0 unspecified atom stereocenters. The van der Waals surface area contributed by atoms with Gasteiger partial charge in [-0.25, -0.2) is 0 Å². The van der Waals surface area contributed by atoms with Crippen LogP contribution in [0.2, 0.25) is 0 Å². The van der Waals surface area contributed by atoms with Crippen LogP contribution in [0.1, 0.15) is 40.0 Å². The molecular formula is C14H30N2S. The molecule has 1 rings (SSSR count). The zero-order valence-corrected chi connectivity index (χ0v) is 12.9. The lowest BCUT2D eigenvalue weighted by atomic mass is 10.0. The fourth-order valence-corrected chi connectivity index (χ4v) is 3.17. The number of rotatable bonds is 7. The molecule has 2 nitrogen and oxygen atoms in total. The SMILES string of the molecule is CSCC[C@H](C)NC1CCN(CC(C)C)CC1. The minimum atomic E-state index is 0.684. The molecule has 1 atom stereocenters. The molecule has 0 bridgehead atoms. The molecule has 0 aromatic heterocycles. The summed E-state index contributed by atoms with van der Waals surface area (Å²) in [5, 5.41) is 3.79. The fraction of sp³-hybridized carbons (Fsp3) is 1.00. The summed E-state index contributed by atoms with van der Waals surface area (Å²) in [4.78, 5) is 2.62. The summed E-state index contributed by atoms with van der Waals surface area (Å²) in [5.41, 5.74) is 0. The second-order valence-corrected chi connectivity index (χ2v) is 6.80. The smallest absolute Gasteiger partial charge is 0.00938 e. The molecule has 1 aliphatic rings. The highest BCUT2D eigenvalue weighted by Crippen LogP contribution is 2.13. The van der Waals surface area contributed by atoms with E-state index in [0.29, 0.717) is 6.04 Å². The summed E-state index contributed by atoms with van der Waals surface area (Å²) in [6, 6.07) is 1.44. The Hall–Kier alpha value is 0.270. The summed E-state index contributed by atoms with van der Waals surface area (Å²) in [6.45, 7) is 10.8. The van der Waals surface area contributed by atoms with Crippen LogP contribution >= 0.6 is 11.8 Å². The van der Waals surface area contributed by atoms with E-state index in [-0.39, 0.29) is 0 Å². The highest BCUT2D eigenvalue weighted by Gasteiger charge is 2.20. The molecule has 1 aliphatic heterocycles. The molecule has 1 fully saturated rings. The highest BCUT2D eigenvalue weighted by atomic mass is 32.2. The van der Waals surface area contributed by atoms with Gasteiger partial charge in [0.2, 0.25) is 0 Å². The molecule has 1 saturated heterocycles. The van der Waals surface area contributed by atoms with Gasteiger partial charge in [-0.3, -0.25) is 0 Å². The Labute approximate surface area is 112 Å². The van der Waals surface area contributed by atoms with Gasteiger partial charge < -0.3 is 10.2 Å². The van der Waals surface area contributed by atoms with E-state index in [2.05, 4.69) is 37.2 Å². The third-order valence-electron chi connectivity index (χ3n) is 3.49. The Bertz CT molecular complexity index is 189. The summed E-state index contributed by atoms with van der Waals surface area (Å²) in [6.07, 6.45) is 6.15. The molecule has 0 aliphatic carbocycles. The van der Waals surface area contributed by atoms with Crippen molar-refractivity contribution in [2.45, 2.75) is 52.1 Å². The minimum absolute atomic E-state index is 0.684. The van der Waals surface area contributed by atoms with E-state index in [0.717, 1.165) is 12.0 Å². The van der Waals surface area contributed by atoms with Gasteiger partial charge in [-0.05, 0) is 57.2 Å². The van der Waals surface area contributed by atoms with Crippen molar-refractivity contribution in [3.63, 3.8) is 0 Å². The van der Waals surface area contributed by atoms with Gasteiger partial charge in [0.25, 0.3) is 0 Å². The molecule has 3 heteroatoms. The van der Waals surface area contributed by atoms with E-state index < -0.39 is 0 Å². The number of hydrogen-bond acceptors (Lipinski definition) is 3. The van der Waals surface area contributed by atoms with E-state index in [1.807, 2.05) is 11.8 Å². The first-order valence-corrected chi connectivity index (χ1v) is 8.48. The fourth-order valence-electron chi connectivity index (χ4n) is 2.58. The zero-order valence-electron chi connectivity index (χ0n) is 12.0. The third-order valence-corrected chi connectivity index (χ3v) is 4.13. The lowest BCUT2D eigenvalue weighted by molar-refractivity contribution is 0.175. The molecule has 0 aromatic rings. The van der Waals surface area contributed by atoms with Crippen LogP contribution in [-0.4, -0.2) is 48.6 Å². The number of piperidine rings is 1. The predicted molar refractivity (Wildman–Crippen MR) is 79.9 cm³/mol. The molecule has 1 heterocycles. The van der Waals surface area contributed by atoms with Gasteiger partial charge >= 0.3 is 0 Å². The molecule has 0 aromatic carbocycles. The highest BCUT2D eigenvalue weighted by molar-refractivity contribution is 7.98. The largest absolute Gasteiger partial charge is 0.311 e. The second-order valence-electron chi connectivity index (χ2n) is 5.82. The first kappa shape index (κ1) is 15.3. The van der Waals surface area contributed by atoms with Crippen LogP contribution in [0.15, 0.2) is 0 Å². The number of nitrogens with zero attached hydrogens (tertiary/aromatic N) is 1. The van der Waals surface area contributed by atoms with Crippen molar-refractivity contribution >= 4 is 11.8 Å². The summed E-state index contributed by atoms with van der Waals surface area (Å²) < 4.78 is 0. The Morgan fingerprint density at radius 2 is 1.88 bits per heavy atom. The average molecular weight is 258 g/mol. The Morgan fingerprint density at radius 1 is 1.24 bits per heavy atom. The molecule has 1 N–H and O–H groups in total. The van der Waals surface area contributed by atoms with E-state index in [4.69, 9.17) is 0 Å². The Kier molecular flexibility index (Phi) is 7.56. The van der Waals surface area contributed by atoms with Crippen molar-refractivity contribution in [1.82, 2.24) is 10.2 Å². The van der Waals surface area contributed by atoms with Gasteiger partial charge in [-0.15, -0.1) is 0 Å². The maximum absolute atomic E-state index is 3.79. The number of nitrogens with one attached hydrogen (secondary N) is 1. The summed E-state index contributed by atoms with van der Waals surface area (Å²) in [5.74, 6) is 2.08. The number of likely N-dealkylation sites (tertiary alicyclic amines) is 1. The van der Waals surface area contributed by atoms with Crippen LogP contribution < -0.4 is 5.32 Å². The Morgan fingerprint density at radius 3 is 2.41 bits per heavy atom. The van der Waals surface area contributed by atoms with Gasteiger partial charge in [-0.2, -0.15) is 11.8 Å². The Balaban J connectivity index is 2.14. The second kappa shape index (κ2) is 8.39. The molecule has 17 heavy (non-hydrogen) atoms. The number of hydrogen-bond donors (Lipinski definition) is 1. The van der Waals surface area contributed by atoms with Crippen molar-refractivity contribution in [2.75, 3.05) is 31.6 Å². The quantitative estimate of drug-likeness (QED) is 0.756. The van der Waals surface area contributed by atoms with Gasteiger partial charge in [0, 0.05) is 18.6 Å². The number of thioether (sulfide) groups is 1. The van der Waals surface area contributed by atoms with E-state index in [1.54, 1.807) is 0 Å². The van der Waals surface area contributed by atoms with Crippen LogP contribution in [0, 0.1) is 5.92 Å². The van der Waals surface area contributed by atoms with E-state index in [9.17, 15) is 0 Å². The van der Waals surface area contributed by atoms with Crippen molar-refractivity contribution in [2.24, 2.45) is 5.92 Å². The molecule has 0 saturated carbocycles. The molecular weight excluding hydrogens is 228 g/mol. The zero-order chi connectivity index (χ0) is 12.7. The van der Waals surface area contributed by atoms with Gasteiger partial charge in [0.1, 0.15) is 0 Å². The first-order valence-electron chi connectivity index (χ1n) is 7.09.